The monoisotopic (exact) mass is 231 g/mol. The SMILES string of the molecule is O=C1CCCN(C2CC2)C1c1cccc(O)c1. The van der Waals surface area contributed by atoms with Crippen molar-refractivity contribution in [3.63, 3.8) is 0 Å². The lowest BCUT2D eigenvalue weighted by molar-refractivity contribution is -0.127. The Kier molecular flexibility index (Phi) is 2.63. The predicted molar refractivity (Wildman–Crippen MR) is 64.8 cm³/mol. The van der Waals surface area contributed by atoms with Crippen LogP contribution in [0.3, 0.4) is 0 Å². The van der Waals surface area contributed by atoms with Crippen molar-refractivity contribution < 1.29 is 9.90 Å². The van der Waals surface area contributed by atoms with Gasteiger partial charge in [-0.15, -0.1) is 0 Å². The lowest BCUT2D eigenvalue weighted by Gasteiger charge is -2.35. The van der Waals surface area contributed by atoms with Crippen molar-refractivity contribution in [3.05, 3.63) is 29.8 Å². The Morgan fingerprint density at radius 1 is 1.29 bits per heavy atom. The topological polar surface area (TPSA) is 40.5 Å². The zero-order valence-electron chi connectivity index (χ0n) is 9.80. The van der Waals surface area contributed by atoms with E-state index < -0.39 is 0 Å². The van der Waals surface area contributed by atoms with Gasteiger partial charge in [-0.3, -0.25) is 9.69 Å². The van der Waals surface area contributed by atoms with E-state index in [0.717, 1.165) is 18.5 Å². The maximum Gasteiger partial charge on any atom is 0.154 e. The van der Waals surface area contributed by atoms with Crippen LogP contribution in [0, 0.1) is 0 Å². The van der Waals surface area contributed by atoms with Crippen LogP contribution in [0.1, 0.15) is 37.3 Å². The summed E-state index contributed by atoms with van der Waals surface area (Å²) in [5.41, 5.74) is 0.946. The van der Waals surface area contributed by atoms with Crippen molar-refractivity contribution in [1.82, 2.24) is 4.90 Å². The number of nitrogens with zero attached hydrogens (tertiary/aromatic N) is 1. The molecule has 1 N–H and O–H groups in total. The van der Waals surface area contributed by atoms with Gasteiger partial charge in [0, 0.05) is 12.5 Å². The first-order valence-corrected chi connectivity index (χ1v) is 6.33. The molecule has 0 amide bonds. The van der Waals surface area contributed by atoms with Crippen LogP contribution in [-0.4, -0.2) is 28.4 Å². The predicted octanol–water partition coefficient (Wildman–Crippen LogP) is 2.26. The molecule has 3 rings (SSSR count). The maximum atomic E-state index is 12.1. The molecule has 3 nitrogen and oxygen atoms in total. The number of carbonyl (C=O) groups is 1. The lowest BCUT2D eigenvalue weighted by Crippen LogP contribution is -2.40. The van der Waals surface area contributed by atoms with Crippen molar-refractivity contribution in [2.75, 3.05) is 6.54 Å². The van der Waals surface area contributed by atoms with Crippen molar-refractivity contribution in [1.29, 1.82) is 0 Å². The van der Waals surface area contributed by atoms with Gasteiger partial charge in [0.2, 0.25) is 0 Å². The second-order valence-corrected chi connectivity index (χ2v) is 5.04. The molecule has 1 atom stereocenters. The first kappa shape index (κ1) is 10.8. The smallest absolute Gasteiger partial charge is 0.154 e. The number of ketones is 1. The minimum atomic E-state index is -0.122. The van der Waals surface area contributed by atoms with E-state index >= 15 is 0 Å². The van der Waals surface area contributed by atoms with Crippen LogP contribution in [0.2, 0.25) is 0 Å². The summed E-state index contributed by atoms with van der Waals surface area (Å²) in [6.45, 7) is 1.01. The largest absolute Gasteiger partial charge is 0.508 e. The normalized spacial score (nSPS) is 26.1. The molecule has 1 heterocycles. The van der Waals surface area contributed by atoms with Crippen molar-refractivity contribution in [2.45, 2.75) is 37.8 Å². The molecule has 0 radical (unpaired) electrons. The molecule has 0 aromatic heterocycles. The van der Waals surface area contributed by atoms with Crippen LogP contribution in [0.25, 0.3) is 0 Å². The van der Waals surface area contributed by atoms with Gasteiger partial charge in [0.25, 0.3) is 0 Å². The van der Waals surface area contributed by atoms with E-state index in [4.69, 9.17) is 0 Å². The first-order chi connectivity index (χ1) is 8.25. The van der Waals surface area contributed by atoms with Gasteiger partial charge in [0.15, 0.2) is 5.78 Å². The highest BCUT2D eigenvalue weighted by Crippen LogP contribution is 2.38. The van der Waals surface area contributed by atoms with Crippen LogP contribution in [0.4, 0.5) is 0 Å². The highest BCUT2D eigenvalue weighted by Gasteiger charge is 2.39. The molecule has 3 heteroatoms. The molecule has 2 aliphatic rings. The first-order valence-electron chi connectivity index (χ1n) is 6.33. The number of hydrogen-bond donors (Lipinski definition) is 1. The molecule has 1 aromatic rings. The number of piperidine rings is 1. The highest BCUT2D eigenvalue weighted by molar-refractivity contribution is 5.86. The van der Waals surface area contributed by atoms with Crippen LogP contribution in [0.15, 0.2) is 24.3 Å². The molecule has 0 spiro atoms. The van der Waals surface area contributed by atoms with E-state index in [2.05, 4.69) is 4.90 Å². The summed E-state index contributed by atoms with van der Waals surface area (Å²) in [6, 6.07) is 7.61. The molecular formula is C14H17NO2. The zero-order valence-corrected chi connectivity index (χ0v) is 9.80. The fourth-order valence-electron chi connectivity index (χ4n) is 2.76. The number of carbonyl (C=O) groups excluding carboxylic acids is 1. The number of Topliss-reactive ketones (excluding diaryl/α,β-unsaturated/α-hetero) is 1. The molecule has 1 saturated heterocycles. The Hall–Kier alpha value is -1.35. The summed E-state index contributed by atoms with van der Waals surface area (Å²) < 4.78 is 0. The number of benzene rings is 1. The van der Waals surface area contributed by atoms with Crippen molar-refractivity contribution in [3.8, 4) is 5.75 Å². The number of likely N-dealkylation sites (tertiary alicyclic amines) is 1. The average Bonchev–Trinajstić information content (AvgIpc) is 3.12. The Balaban J connectivity index is 1.93. The van der Waals surface area contributed by atoms with Gasteiger partial charge in [0.1, 0.15) is 5.75 Å². The molecule has 1 aliphatic carbocycles. The molecule has 1 aromatic carbocycles. The van der Waals surface area contributed by atoms with E-state index in [0.29, 0.717) is 18.2 Å². The quantitative estimate of drug-likeness (QED) is 0.848. The molecular weight excluding hydrogens is 214 g/mol. The third kappa shape index (κ3) is 2.07. The van der Waals surface area contributed by atoms with Gasteiger partial charge in [0.05, 0.1) is 6.04 Å². The number of hydrogen-bond acceptors (Lipinski definition) is 3. The third-order valence-corrected chi connectivity index (χ3v) is 3.68. The van der Waals surface area contributed by atoms with E-state index in [9.17, 15) is 9.90 Å². The Morgan fingerprint density at radius 2 is 2.12 bits per heavy atom. The van der Waals surface area contributed by atoms with E-state index in [1.807, 2.05) is 12.1 Å². The summed E-state index contributed by atoms with van der Waals surface area (Å²) in [4.78, 5) is 14.4. The van der Waals surface area contributed by atoms with Gasteiger partial charge in [-0.25, -0.2) is 0 Å². The van der Waals surface area contributed by atoms with Crippen LogP contribution < -0.4 is 0 Å². The van der Waals surface area contributed by atoms with Crippen LogP contribution in [0.5, 0.6) is 5.75 Å². The second-order valence-electron chi connectivity index (χ2n) is 5.04. The fraction of sp³-hybridized carbons (Fsp3) is 0.500. The summed E-state index contributed by atoms with van der Waals surface area (Å²) in [5, 5.41) is 9.54. The average molecular weight is 231 g/mol. The van der Waals surface area contributed by atoms with Crippen LogP contribution >= 0.6 is 0 Å². The Bertz CT molecular complexity index is 440. The second kappa shape index (κ2) is 4.15. The minimum absolute atomic E-state index is 0.122. The summed E-state index contributed by atoms with van der Waals surface area (Å²) in [7, 11) is 0. The van der Waals surface area contributed by atoms with Crippen LogP contribution in [-0.2, 0) is 4.79 Å². The van der Waals surface area contributed by atoms with Gasteiger partial charge in [-0.05, 0) is 43.5 Å². The standard InChI is InChI=1S/C14H17NO2/c16-12-4-1-3-10(9-12)14-13(17)5-2-8-15(14)11-6-7-11/h1,3-4,9,11,14,16H,2,5-8H2. The molecule has 0 bridgehead atoms. The number of rotatable bonds is 2. The van der Waals surface area contributed by atoms with Crippen molar-refractivity contribution >= 4 is 5.78 Å². The summed E-state index contributed by atoms with van der Waals surface area (Å²) >= 11 is 0. The number of aromatic hydroxyl groups is 1. The molecule has 1 unspecified atom stereocenters. The summed E-state index contributed by atoms with van der Waals surface area (Å²) in [6.07, 6.45) is 4.07. The molecule has 17 heavy (non-hydrogen) atoms. The maximum absolute atomic E-state index is 12.1. The molecule has 1 aliphatic heterocycles. The highest BCUT2D eigenvalue weighted by atomic mass is 16.3. The Morgan fingerprint density at radius 3 is 2.82 bits per heavy atom. The van der Waals surface area contributed by atoms with Gasteiger partial charge in [-0.1, -0.05) is 12.1 Å². The minimum Gasteiger partial charge on any atom is -0.508 e. The Labute approximate surface area is 101 Å². The van der Waals surface area contributed by atoms with Gasteiger partial charge >= 0.3 is 0 Å². The zero-order chi connectivity index (χ0) is 11.8. The van der Waals surface area contributed by atoms with E-state index in [-0.39, 0.29) is 11.8 Å². The third-order valence-electron chi connectivity index (χ3n) is 3.68. The van der Waals surface area contributed by atoms with Gasteiger partial charge < -0.3 is 5.11 Å². The molecule has 2 fully saturated rings. The van der Waals surface area contributed by atoms with E-state index in [1.54, 1.807) is 12.1 Å². The summed E-state index contributed by atoms with van der Waals surface area (Å²) in [5.74, 6) is 0.547. The van der Waals surface area contributed by atoms with Crippen molar-refractivity contribution in [2.24, 2.45) is 0 Å². The number of phenolic OH excluding ortho intramolecular Hbond substituents is 1. The fourth-order valence-corrected chi connectivity index (χ4v) is 2.76. The lowest BCUT2D eigenvalue weighted by atomic mass is 9.93. The number of phenols is 1. The van der Waals surface area contributed by atoms with Gasteiger partial charge in [-0.2, -0.15) is 0 Å². The molecule has 90 valence electrons. The molecule has 1 saturated carbocycles. The van der Waals surface area contributed by atoms with E-state index in [1.165, 1.54) is 12.8 Å².